The molecule has 5 heterocycles. The maximum atomic E-state index is 14.0. The first-order chi connectivity index (χ1) is 35.5. The number of anilines is 1. The van der Waals surface area contributed by atoms with Crippen LogP contribution in [0.1, 0.15) is 97.0 Å². The van der Waals surface area contributed by atoms with Gasteiger partial charge in [0.15, 0.2) is 5.82 Å². The molecule has 74 heavy (non-hydrogen) atoms. The van der Waals surface area contributed by atoms with Crippen molar-refractivity contribution in [3.8, 4) is 21.2 Å². The summed E-state index contributed by atoms with van der Waals surface area (Å²) in [5.41, 5.74) is 8.65. The molecule has 17 nitrogen and oxygen atoms in total. The zero-order chi connectivity index (χ0) is 52.5. The maximum Gasteiger partial charge on any atom is 0.246 e. The number of β-amino-alcohol motifs (C(OH)–C–C–N with tert-alkyl or cyclic N) is 1. The molecule has 0 radical (unpaired) electrons. The van der Waals surface area contributed by atoms with E-state index in [9.17, 15) is 24.3 Å². The number of nitrogens with zero attached hydrogens (tertiary/aromatic N) is 6. The summed E-state index contributed by atoms with van der Waals surface area (Å²) in [5.74, 6) is 0.556. The van der Waals surface area contributed by atoms with Crippen molar-refractivity contribution in [3.63, 3.8) is 0 Å². The lowest BCUT2D eigenvalue weighted by Crippen LogP contribution is -2.58. The number of nitrogens with one attached hydrogen (secondary N) is 3. The van der Waals surface area contributed by atoms with E-state index in [-0.39, 0.29) is 51.0 Å². The van der Waals surface area contributed by atoms with Gasteiger partial charge in [-0.15, -0.1) is 32.9 Å². The smallest absolute Gasteiger partial charge is 0.246 e. The van der Waals surface area contributed by atoms with Gasteiger partial charge in [0.1, 0.15) is 41.3 Å². The minimum absolute atomic E-state index is 0.0153. The minimum Gasteiger partial charge on any atom is -0.494 e. The number of carbonyl (C=O) groups excluding carboxylic acids is 4. The summed E-state index contributed by atoms with van der Waals surface area (Å²) < 4.78 is 19.4. The van der Waals surface area contributed by atoms with Crippen LogP contribution in [-0.4, -0.2) is 117 Å². The number of ether oxygens (including phenoxy) is 3. The second-order valence-electron chi connectivity index (χ2n) is 19.7. The second kappa shape index (κ2) is 24.1. The number of hydrogen-bond acceptors (Lipinski definition) is 14. The molecule has 2 aliphatic heterocycles. The molecule has 4 amide bonds. The molecule has 0 spiro atoms. The Morgan fingerprint density at radius 2 is 1.57 bits per heavy atom. The van der Waals surface area contributed by atoms with Gasteiger partial charge in [0.25, 0.3) is 0 Å². The molecular formula is C55H65N9O8S2. The van der Waals surface area contributed by atoms with Gasteiger partial charge >= 0.3 is 0 Å². The van der Waals surface area contributed by atoms with E-state index in [4.69, 9.17) is 19.2 Å². The average Bonchev–Trinajstić information content (AvgIpc) is 4.15. The van der Waals surface area contributed by atoms with Crippen molar-refractivity contribution in [3.05, 3.63) is 129 Å². The molecule has 3 aromatic carbocycles. The fourth-order valence-electron chi connectivity index (χ4n) is 9.01. The Kier molecular flexibility index (Phi) is 17.5. The summed E-state index contributed by atoms with van der Waals surface area (Å²) in [4.78, 5) is 67.2. The molecule has 390 valence electrons. The lowest BCUT2D eigenvalue weighted by Gasteiger charge is -2.35. The molecule has 0 aliphatic carbocycles. The number of aryl methyl sites for hydroxylation is 3. The third kappa shape index (κ3) is 13.0. The van der Waals surface area contributed by atoms with Crippen molar-refractivity contribution in [2.45, 2.75) is 105 Å². The summed E-state index contributed by atoms with van der Waals surface area (Å²) in [5, 5.41) is 29.3. The SMILES string of the molecule is Cc1ncsc1-c1ccc(CNC(=O)[C@@H]2C[C@@H](O)CN2C(=O)[C@@H](NC(=O)COCCCOCCCOc2ccc(NC(=O)CC3N=C(c4ccccc4)c4c(sc(C)c4C)-n4c(C)nnc43)cc2)C(C)(C)C)cc1. The first-order valence-electron chi connectivity index (χ1n) is 24.9. The van der Waals surface area contributed by atoms with E-state index in [2.05, 4.69) is 45.0 Å². The quantitative estimate of drug-likeness (QED) is 0.0516. The third-order valence-corrected chi connectivity index (χ3v) is 15.2. The number of thiazole rings is 1. The van der Waals surface area contributed by atoms with Gasteiger partial charge in [0.2, 0.25) is 23.6 Å². The molecule has 19 heteroatoms. The van der Waals surface area contributed by atoms with Crippen LogP contribution in [0.2, 0.25) is 0 Å². The van der Waals surface area contributed by atoms with E-state index in [1.54, 1.807) is 34.8 Å². The Labute approximate surface area is 439 Å². The second-order valence-corrected chi connectivity index (χ2v) is 21.8. The lowest BCUT2D eigenvalue weighted by atomic mass is 9.85. The van der Waals surface area contributed by atoms with Gasteiger partial charge in [-0.2, -0.15) is 0 Å². The Hall–Kier alpha value is -6.64. The Morgan fingerprint density at radius 1 is 0.851 bits per heavy atom. The van der Waals surface area contributed by atoms with Gasteiger partial charge in [-0.25, -0.2) is 4.98 Å². The maximum absolute atomic E-state index is 14.0. The lowest BCUT2D eigenvalue weighted by molar-refractivity contribution is -0.144. The van der Waals surface area contributed by atoms with E-state index >= 15 is 0 Å². The Bertz CT molecular complexity index is 2950. The van der Waals surface area contributed by atoms with Crippen molar-refractivity contribution >= 4 is 57.7 Å². The highest BCUT2D eigenvalue weighted by Gasteiger charge is 2.44. The largest absolute Gasteiger partial charge is 0.494 e. The zero-order valence-electron chi connectivity index (χ0n) is 43.0. The van der Waals surface area contributed by atoms with E-state index in [1.807, 2.05) is 111 Å². The number of thiophene rings is 1. The number of likely N-dealkylation sites (tertiary alicyclic amines) is 1. The van der Waals surface area contributed by atoms with E-state index in [1.165, 1.54) is 9.78 Å². The van der Waals surface area contributed by atoms with Gasteiger partial charge < -0.3 is 40.2 Å². The van der Waals surface area contributed by atoms with Crippen LogP contribution in [-0.2, 0) is 35.2 Å². The number of aliphatic hydroxyl groups is 1. The van der Waals surface area contributed by atoms with Crippen molar-refractivity contribution in [1.29, 1.82) is 0 Å². The molecule has 1 saturated heterocycles. The number of amides is 4. The molecule has 1 unspecified atom stereocenters. The number of fused-ring (bicyclic) bond motifs is 3. The van der Waals surface area contributed by atoms with Crippen molar-refractivity contribution in [1.82, 2.24) is 35.3 Å². The Morgan fingerprint density at radius 3 is 2.27 bits per heavy atom. The number of aliphatic hydroxyl groups excluding tert-OH is 1. The fraction of sp³-hybridized carbons (Fsp3) is 0.418. The van der Waals surface area contributed by atoms with Crippen molar-refractivity contribution in [2.24, 2.45) is 10.4 Å². The van der Waals surface area contributed by atoms with E-state index in [0.29, 0.717) is 49.9 Å². The molecule has 2 aliphatic rings. The number of aromatic nitrogens is 4. The standard InChI is InChI=1S/C55H65N9O8S2/c1-33-35(3)74-54-47(33)48(38-13-9-8-10-14-38)59-43(51-62-61-36(4)64(51)54)28-45(66)58-40-19-21-42(22-20-40)72-26-12-24-70-23-11-25-71-31-46(67)60-50(55(5,6)7)53(69)63-30-41(65)27-44(63)52(68)56-29-37-15-17-39(18-16-37)49-34(2)57-32-73-49/h8-10,13-22,32,41,43-44,50,65H,11-12,23-31H2,1-7H3,(H,56,68)(H,58,66)(H,60,67)/t41-,43?,44+,50-/m1/s1. The van der Waals surface area contributed by atoms with Crippen molar-refractivity contribution < 1.29 is 38.5 Å². The van der Waals surface area contributed by atoms with E-state index < -0.39 is 41.5 Å². The summed E-state index contributed by atoms with van der Waals surface area (Å²) in [6.07, 6.45) is 0.496. The van der Waals surface area contributed by atoms with Crippen LogP contribution in [0.4, 0.5) is 5.69 Å². The van der Waals surface area contributed by atoms with Gasteiger partial charge in [0.05, 0.1) is 40.9 Å². The molecule has 4 atom stereocenters. The molecule has 4 N–H and O–H groups in total. The average molecular weight is 1040 g/mol. The van der Waals surface area contributed by atoms with Crippen molar-refractivity contribution in [2.75, 3.05) is 44.9 Å². The van der Waals surface area contributed by atoms with Crippen LogP contribution >= 0.6 is 22.7 Å². The summed E-state index contributed by atoms with van der Waals surface area (Å²) in [6, 6.07) is 22.7. The van der Waals surface area contributed by atoms with Gasteiger partial charge in [-0.05, 0) is 80.5 Å². The number of rotatable bonds is 21. The molecule has 3 aromatic heterocycles. The first-order valence-corrected chi connectivity index (χ1v) is 26.6. The summed E-state index contributed by atoms with van der Waals surface area (Å²) in [7, 11) is 0. The van der Waals surface area contributed by atoms with Crippen LogP contribution in [0, 0.1) is 33.1 Å². The molecule has 6 aromatic rings. The number of hydrogen-bond donors (Lipinski definition) is 4. The zero-order valence-corrected chi connectivity index (χ0v) is 44.6. The fourth-order valence-corrected chi connectivity index (χ4v) is 11.0. The number of benzene rings is 3. The van der Waals surface area contributed by atoms with Crippen LogP contribution in [0.25, 0.3) is 15.4 Å². The summed E-state index contributed by atoms with van der Waals surface area (Å²) >= 11 is 3.25. The monoisotopic (exact) mass is 1040 g/mol. The van der Waals surface area contributed by atoms with Crippen LogP contribution in [0.5, 0.6) is 5.75 Å². The van der Waals surface area contributed by atoms with Crippen LogP contribution in [0.3, 0.4) is 0 Å². The summed E-state index contributed by atoms with van der Waals surface area (Å²) in [6.45, 7) is 15.2. The predicted molar refractivity (Wildman–Crippen MR) is 286 cm³/mol. The molecular weight excluding hydrogens is 979 g/mol. The number of aliphatic imine (C=N–C) groups is 1. The topological polar surface area (TPSA) is 211 Å². The molecule has 8 rings (SSSR count). The molecule has 1 fully saturated rings. The normalized spacial score (nSPS) is 16.7. The molecule has 0 saturated carbocycles. The van der Waals surface area contributed by atoms with E-state index in [0.717, 1.165) is 54.9 Å². The third-order valence-electron chi connectivity index (χ3n) is 13.0. The highest BCUT2D eigenvalue weighted by atomic mass is 32.1. The highest BCUT2D eigenvalue weighted by molar-refractivity contribution is 7.15. The van der Waals surface area contributed by atoms with Gasteiger partial charge in [-0.1, -0.05) is 75.4 Å². The molecule has 0 bridgehead atoms. The van der Waals surface area contributed by atoms with Gasteiger partial charge in [0, 0.05) is 67.4 Å². The predicted octanol–water partition coefficient (Wildman–Crippen LogP) is 7.61. The first kappa shape index (κ1) is 53.6. The van der Waals surface area contributed by atoms with Gasteiger partial charge in [-0.3, -0.25) is 28.7 Å². The minimum atomic E-state index is -0.960. The Balaban J connectivity index is 0.719. The highest BCUT2D eigenvalue weighted by Crippen LogP contribution is 2.40. The number of carbonyl (C=O) groups is 4. The van der Waals surface area contributed by atoms with Crippen LogP contribution in [0.15, 0.2) is 89.4 Å². The van der Waals surface area contributed by atoms with Crippen LogP contribution < -0.4 is 20.7 Å².